The summed E-state index contributed by atoms with van der Waals surface area (Å²) in [5.41, 5.74) is -0.168. The van der Waals surface area contributed by atoms with Gasteiger partial charge in [-0.05, 0) is 36.4 Å². The van der Waals surface area contributed by atoms with Crippen molar-refractivity contribution in [2.45, 2.75) is 6.04 Å². The summed E-state index contributed by atoms with van der Waals surface area (Å²) in [7, 11) is 2.65. The van der Waals surface area contributed by atoms with Crippen LogP contribution in [0, 0.1) is 5.82 Å². The molecule has 0 radical (unpaired) electrons. The molecule has 10 heteroatoms. The van der Waals surface area contributed by atoms with Gasteiger partial charge in [0.05, 0.1) is 36.4 Å². The normalized spacial score (nSPS) is 17.1. The summed E-state index contributed by atoms with van der Waals surface area (Å²) in [6.45, 7) is 0. The molecule has 1 aliphatic rings. The van der Waals surface area contributed by atoms with E-state index in [1.54, 1.807) is 6.07 Å². The minimum Gasteiger partial charge on any atom is -0.507 e. The minimum absolute atomic E-state index is 0.00660. The Bertz CT molecular complexity index is 1370. The first-order chi connectivity index (χ1) is 16.7. The topological polar surface area (TPSA) is 76.1 Å². The number of benzene rings is 3. The lowest BCUT2D eigenvalue weighted by molar-refractivity contribution is -0.132. The molecule has 180 valence electrons. The van der Waals surface area contributed by atoms with Crippen LogP contribution in [0.5, 0.6) is 11.5 Å². The molecule has 1 saturated heterocycles. The first-order valence-electron chi connectivity index (χ1n) is 10.1. The summed E-state index contributed by atoms with van der Waals surface area (Å²) in [4.78, 5) is 27.6. The number of carbonyl (C=O) groups is 2. The molecule has 1 fully saturated rings. The maximum Gasteiger partial charge on any atom is 0.300 e. The van der Waals surface area contributed by atoms with E-state index in [-0.39, 0.29) is 43.9 Å². The van der Waals surface area contributed by atoms with Crippen LogP contribution in [0.3, 0.4) is 0 Å². The molecule has 4 rings (SSSR count). The number of hydrogen-bond acceptors (Lipinski definition) is 5. The van der Waals surface area contributed by atoms with E-state index in [9.17, 15) is 14.7 Å². The zero-order valence-corrected chi connectivity index (χ0v) is 20.6. The number of Topliss-reactive ketones (excluding diaryl/α,β-unsaturated/α-hetero) is 1. The van der Waals surface area contributed by atoms with Gasteiger partial charge in [0.1, 0.15) is 16.6 Å². The molecule has 1 N–H and O–H groups in total. The molecular weight excluding hydrogens is 520 g/mol. The molecule has 3 aromatic carbocycles. The third-order valence-corrected chi connectivity index (χ3v) is 6.42. The van der Waals surface area contributed by atoms with E-state index < -0.39 is 29.3 Å². The van der Waals surface area contributed by atoms with E-state index in [0.29, 0.717) is 5.02 Å². The number of anilines is 1. The molecule has 1 amide bonds. The number of carbonyl (C=O) groups excluding carboxylic acids is 2. The Balaban J connectivity index is 2.03. The molecule has 1 unspecified atom stereocenters. The molecule has 0 aromatic heterocycles. The third kappa shape index (κ3) is 4.20. The van der Waals surface area contributed by atoms with Crippen molar-refractivity contribution in [1.29, 1.82) is 0 Å². The van der Waals surface area contributed by atoms with Gasteiger partial charge >= 0.3 is 0 Å². The molecule has 1 aliphatic heterocycles. The fourth-order valence-electron chi connectivity index (χ4n) is 3.98. The summed E-state index contributed by atoms with van der Waals surface area (Å²) >= 11 is 18.6. The van der Waals surface area contributed by atoms with Crippen LogP contribution >= 0.6 is 34.8 Å². The molecule has 1 atom stereocenters. The van der Waals surface area contributed by atoms with Crippen molar-refractivity contribution < 1.29 is 28.6 Å². The highest BCUT2D eigenvalue weighted by Gasteiger charge is 2.48. The van der Waals surface area contributed by atoms with Crippen molar-refractivity contribution in [2.75, 3.05) is 19.1 Å². The Kier molecular flexibility index (Phi) is 6.94. The standard InChI is InChI=1S/C25H17Cl3FNO5/c1-34-23-15(11-16(27)24(35-2)19(23)28)21(31)18-20(14-5-3-4-6-17(14)29)30(25(33)22(18)32)13-9-7-12(26)8-10-13/h3-11,20,31H,1-2H3/b21-18+. The van der Waals surface area contributed by atoms with Gasteiger partial charge < -0.3 is 14.6 Å². The van der Waals surface area contributed by atoms with Gasteiger partial charge in [0.2, 0.25) is 0 Å². The SMILES string of the molecule is COc1c(Cl)cc(/C(O)=C2\C(=O)C(=O)N(c3ccc(Cl)cc3)C2c2ccccc2F)c(OC)c1Cl. The van der Waals surface area contributed by atoms with E-state index in [2.05, 4.69) is 0 Å². The Morgan fingerprint density at radius 2 is 1.60 bits per heavy atom. The second-order valence-corrected chi connectivity index (χ2v) is 8.68. The number of rotatable bonds is 5. The van der Waals surface area contributed by atoms with Gasteiger partial charge in [-0.2, -0.15) is 0 Å². The first kappa shape index (κ1) is 24.9. The number of aliphatic hydroxyl groups excluding tert-OH is 1. The number of methoxy groups -OCH3 is 2. The number of nitrogens with zero attached hydrogens (tertiary/aromatic N) is 1. The number of ketones is 1. The zero-order chi connectivity index (χ0) is 25.4. The maximum atomic E-state index is 15.0. The Hall–Kier alpha value is -3.26. The van der Waals surface area contributed by atoms with E-state index in [4.69, 9.17) is 44.3 Å². The molecule has 0 bridgehead atoms. The van der Waals surface area contributed by atoms with Gasteiger partial charge in [-0.1, -0.05) is 53.0 Å². The average Bonchev–Trinajstić information content (AvgIpc) is 3.09. The highest BCUT2D eigenvalue weighted by Crippen LogP contribution is 2.48. The van der Waals surface area contributed by atoms with Crippen molar-refractivity contribution >= 4 is 57.9 Å². The second kappa shape index (κ2) is 9.77. The number of halogens is 4. The first-order valence-corrected chi connectivity index (χ1v) is 11.3. The molecular formula is C25H17Cl3FNO5. The monoisotopic (exact) mass is 535 g/mol. The van der Waals surface area contributed by atoms with Gasteiger partial charge in [-0.15, -0.1) is 0 Å². The lowest BCUT2D eigenvalue weighted by Gasteiger charge is -2.26. The van der Waals surface area contributed by atoms with Gasteiger partial charge in [0, 0.05) is 16.3 Å². The van der Waals surface area contributed by atoms with Crippen molar-refractivity contribution in [3.63, 3.8) is 0 Å². The average molecular weight is 537 g/mol. The largest absolute Gasteiger partial charge is 0.507 e. The van der Waals surface area contributed by atoms with Crippen LogP contribution in [0.4, 0.5) is 10.1 Å². The highest BCUT2D eigenvalue weighted by atomic mass is 35.5. The van der Waals surface area contributed by atoms with Crippen LogP contribution in [0.1, 0.15) is 17.2 Å². The molecule has 1 heterocycles. The van der Waals surface area contributed by atoms with Crippen molar-refractivity contribution in [2.24, 2.45) is 0 Å². The lowest BCUT2D eigenvalue weighted by Crippen LogP contribution is -2.29. The maximum absolute atomic E-state index is 15.0. The number of aliphatic hydroxyl groups is 1. The van der Waals surface area contributed by atoms with Crippen LogP contribution in [0.2, 0.25) is 15.1 Å². The molecule has 3 aromatic rings. The Labute approximate surface area is 215 Å². The van der Waals surface area contributed by atoms with Gasteiger partial charge in [-0.25, -0.2) is 4.39 Å². The van der Waals surface area contributed by atoms with Crippen LogP contribution in [0.15, 0.2) is 60.2 Å². The van der Waals surface area contributed by atoms with Crippen LogP contribution in [-0.2, 0) is 9.59 Å². The smallest absolute Gasteiger partial charge is 0.300 e. The van der Waals surface area contributed by atoms with E-state index >= 15 is 4.39 Å². The number of amides is 1. The molecule has 6 nitrogen and oxygen atoms in total. The summed E-state index contributed by atoms with van der Waals surface area (Å²) < 4.78 is 25.5. The van der Waals surface area contributed by atoms with Crippen molar-refractivity contribution in [3.05, 3.63) is 92.2 Å². The fraction of sp³-hybridized carbons (Fsp3) is 0.120. The number of hydrogen-bond donors (Lipinski definition) is 1. The van der Waals surface area contributed by atoms with Crippen LogP contribution in [0.25, 0.3) is 5.76 Å². The third-order valence-electron chi connectivity index (χ3n) is 5.54. The van der Waals surface area contributed by atoms with Crippen molar-refractivity contribution in [1.82, 2.24) is 0 Å². The summed E-state index contributed by atoms with van der Waals surface area (Å²) in [5.74, 6) is -3.27. The van der Waals surface area contributed by atoms with Crippen molar-refractivity contribution in [3.8, 4) is 11.5 Å². The molecule has 0 spiro atoms. The zero-order valence-electron chi connectivity index (χ0n) is 18.3. The van der Waals surface area contributed by atoms with Crippen LogP contribution in [-0.4, -0.2) is 31.0 Å². The van der Waals surface area contributed by atoms with Crippen LogP contribution < -0.4 is 14.4 Å². The fourth-order valence-corrected chi connectivity index (χ4v) is 4.80. The molecule has 0 saturated carbocycles. The lowest BCUT2D eigenvalue weighted by atomic mass is 9.94. The van der Waals surface area contributed by atoms with Gasteiger partial charge in [0.15, 0.2) is 11.5 Å². The highest BCUT2D eigenvalue weighted by molar-refractivity contribution is 6.52. The molecule has 35 heavy (non-hydrogen) atoms. The quantitative estimate of drug-likeness (QED) is 0.231. The van der Waals surface area contributed by atoms with Gasteiger partial charge in [0.25, 0.3) is 11.7 Å². The summed E-state index contributed by atoms with van der Waals surface area (Å²) in [6, 6.07) is 11.7. The minimum atomic E-state index is -1.30. The molecule has 0 aliphatic carbocycles. The predicted octanol–water partition coefficient (Wildman–Crippen LogP) is 6.43. The second-order valence-electron chi connectivity index (χ2n) is 7.45. The number of ether oxygens (including phenoxy) is 2. The van der Waals surface area contributed by atoms with Gasteiger partial charge in [-0.3, -0.25) is 14.5 Å². The van der Waals surface area contributed by atoms with E-state index in [1.165, 1.54) is 62.8 Å². The summed E-state index contributed by atoms with van der Waals surface area (Å²) in [5, 5.41) is 11.7. The summed E-state index contributed by atoms with van der Waals surface area (Å²) in [6.07, 6.45) is 0. The van der Waals surface area contributed by atoms with E-state index in [0.717, 1.165) is 4.90 Å². The Morgan fingerprint density at radius 1 is 0.971 bits per heavy atom. The predicted molar refractivity (Wildman–Crippen MR) is 132 cm³/mol. The Morgan fingerprint density at radius 3 is 2.20 bits per heavy atom. The van der Waals surface area contributed by atoms with E-state index in [1.807, 2.05) is 0 Å².